The molecule has 18 heavy (non-hydrogen) atoms. The first-order chi connectivity index (χ1) is 8.59. The fourth-order valence-corrected chi connectivity index (χ4v) is 2.43. The zero-order valence-corrected chi connectivity index (χ0v) is 11.1. The van der Waals surface area contributed by atoms with Gasteiger partial charge in [0.2, 0.25) is 5.91 Å². The van der Waals surface area contributed by atoms with E-state index in [-0.39, 0.29) is 5.91 Å². The number of carboxylic acid groups (broad SMARTS) is 1. The maximum absolute atomic E-state index is 11.1. The van der Waals surface area contributed by atoms with Crippen LogP contribution in [0.3, 0.4) is 0 Å². The number of carbonyl (C=O) groups excluding carboxylic acids is 1. The van der Waals surface area contributed by atoms with Crippen LogP contribution in [0, 0.1) is 0 Å². The SMILES string of the molecule is CC(=O)NCCSC(Cc1ccccc1)C(=O)O. The number of nitrogens with one attached hydrogen (secondary N) is 1. The molecule has 0 bridgehead atoms. The number of rotatable bonds is 7. The summed E-state index contributed by atoms with van der Waals surface area (Å²) in [7, 11) is 0. The van der Waals surface area contributed by atoms with E-state index in [0.29, 0.717) is 18.7 Å². The molecule has 4 nitrogen and oxygen atoms in total. The highest BCUT2D eigenvalue weighted by Gasteiger charge is 2.18. The number of benzene rings is 1. The third-order valence-corrected chi connectivity index (χ3v) is 3.54. The van der Waals surface area contributed by atoms with Gasteiger partial charge in [-0.2, -0.15) is 0 Å². The van der Waals surface area contributed by atoms with Crippen LogP contribution in [-0.4, -0.2) is 34.5 Å². The Labute approximate surface area is 111 Å². The zero-order chi connectivity index (χ0) is 13.4. The molecular formula is C13H17NO3S. The maximum atomic E-state index is 11.1. The summed E-state index contributed by atoms with van der Waals surface area (Å²) in [5.41, 5.74) is 1.01. The Bertz CT molecular complexity index is 394. The van der Waals surface area contributed by atoms with Gasteiger partial charge in [-0.25, -0.2) is 0 Å². The highest BCUT2D eigenvalue weighted by atomic mass is 32.2. The van der Waals surface area contributed by atoms with Crippen LogP contribution in [0.2, 0.25) is 0 Å². The van der Waals surface area contributed by atoms with Gasteiger partial charge in [0.1, 0.15) is 5.25 Å². The first-order valence-electron chi connectivity index (χ1n) is 5.72. The second kappa shape index (κ2) is 7.76. The molecule has 0 radical (unpaired) electrons. The first-order valence-corrected chi connectivity index (χ1v) is 6.77. The largest absolute Gasteiger partial charge is 0.480 e. The van der Waals surface area contributed by atoms with Crippen molar-refractivity contribution >= 4 is 23.6 Å². The van der Waals surface area contributed by atoms with E-state index in [4.69, 9.17) is 5.11 Å². The molecule has 2 N–H and O–H groups in total. The van der Waals surface area contributed by atoms with Crippen LogP contribution in [0.15, 0.2) is 30.3 Å². The molecule has 1 rings (SSSR count). The predicted octanol–water partition coefficient (Wildman–Crippen LogP) is 1.55. The summed E-state index contributed by atoms with van der Waals surface area (Å²) in [5, 5.41) is 11.3. The van der Waals surface area contributed by atoms with E-state index < -0.39 is 11.2 Å². The molecule has 0 saturated heterocycles. The van der Waals surface area contributed by atoms with Crippen molar-refractivity contribution in [3.63, 3.8) is 0 Å². The molecular weight excluding hydrogens is 250 g/mol. The smallest absolute Gasteiger partial charge is 0.316 e. The number of hydrogen-bond acceptors (Lipinski definition) is 3. The Hall–Kier alpha value is -1.49. The minimum absolute atomic E-state index is 0.0921. The standard InChI is InChI=1S/C13H17NO3S/c1-10(15)14-7-8-18-12(13(16)17)9-11-5-3-2-4-6-11/h2-6,12H,7-9H2,1H3,(H,14,15)(H,16,17). The molecule has 0 aliphatic rings. The summed E-state index contributed by atoms with van der Waals surface area (Å²) in [6, 6.07) is 9.55. The second-order valence-electron chi connectivity index (χ2n) is 3.87. The van der Waals surface area contributed by atoms with E-state index in [0.717, 1.165) is 5.56 Å². The fraction of sp³-hybridized carbons (Fsp3) is 0.385. The summed E-state index contributed by atoms with van der Waals surface area (Å²) >= 11 is 1.35. The van der Waals surface area contributed by atoms with E-state index >= 15 is 0 Å². The summed E-state index contributed by atoms with van der Waals surface area (Å²) in [6.07, 6.45) is 0.501. The molecule has 1 aromatic carbocycles. The Kier molecular flexibility index (Phi) is 6.28. The number of amides is 1. The van der Waals surface area contributed by atoms with Crippen LogP contribution in [0.5, 0.6) is 0 Å². The van der Waals surface area contributed by atoms with Crippen molar-refractivity contribution < 1.29 is 14.7 Å². The van der Waals surface area contributed by atoms with E-state index in [9.17, 15) is 9.59 Å². The summed E-state index contributed by atoms with van der Waals surface area (Å²) in [5.74, 6) is -0.305. The topological polar surface area (TPSA) is 66.4 Å². The lowest BCUT2D eigenvalue weighted by atomic mass is 10.1. The van der Waals surface area contributed by atoms with Gasteiger partial charge in [-0.05, 0) is 12.0 Å². The van der Waals surface area contributed by atoms with Crippen molar-refractivity contribution in [2.75, 3.05) is 12.3 Å². The molecule has 5 heteroatoms. The van der Waals surface area contributed by atoms with Gasteiger partial charge in [0, 0.05) is 19.2 Å². The molecule has 0 heterocycles. The molecule has 1 aromatic rings. The molecule has 1 atom stereocenters. The van der Waals surface area contributed by atoms with Crippen molar-refractivity contribution in [1.29, 1.82) is 0 Å². The van der Waals surface area contributed by atoms with Crippen molar-refractivity contribution in [3.8, 4) is 0 Å². The number of aliphatic carboxylic acids is 1. The zero-order valence-electron chi connectivity index (χ0n) is 10.3. The van der Waals surface area contributed by atoms with Gasteiger partial charge in [-0.15, -0.1) is 11.8 Å². The van der Waals surface area contributed by atoms with Gasteiger partial charge >= 0.3 is 5.97 Å². The molecule has 0 spiro atoms. The van der Waals surface area contributed by atoms with Crippen LogP contribution in [0.4, 0.5) is 0 Å². The van der Waals surface area contributed by atoms with Gasteiger partial charge < -0.3 is 10.4 Å². The summed E-state index contributed by atoms with van der Waals surface area (Å²) in [4.78, 5) is 21.8. The Morgan fingerprint density at radius 1 is 1.33 bits per heavy atom. The lowest BCUT2D eigenvalue weighted by Gasteiger charge is -2.12. The Balaban J connectivity index is 2.41. The number of hydrogen-bond donors (Lipinski definition) is 2. The number of carboxylic acids is 1. The molecule has 0 aliphatic heterocycles. The van der Waals surface area contributed by atoms with Crippen molar-refractivity contribution in [2.45, 2.75) is 18.6 Å². The maximum Gasteiger partial charge on any atom is 0.316 e. The van der Waals surface area contributed by atoms with Crippen LogP contribution in [0.25, 0.3) is 0 Å². The van der Waals surface area contributed by atoms with Crippen molar-refractivity contribution in [3.05, 3.63) is 35.9 Å². The van der Waals surface area contributed by atoms with E-state index in [1.165, 1.54) is 18.7 Å². The molecule has 0 saturated carbocycles. The number of carbonyl (C=O) groups is 2. The first kappa shape index (κ1) is 14.6. The number of thioether (sulfide) groups is 1. The summed E-state index contributed by atoms with van der Waals surface area (Å²) in [6.45, 7) is 1.95. The van der Waals surface area contributed by atoms with Crippen LogP contribution in [0.1, 0.15) is 12.5 Å². The van der Waals surface area contributed by atoms with Crippen LogP contribution < -0.4 is 5.32 Å². The van der Waals surface area contributed by atoms with Crippen LogP contribution in [-0.2, 0) is 16.0 Å². The summed E-state index contributed by atoms with van der Waals surface area (Å²) < 4.78 is 0. The third-order valence-electron chi connectivity index (χ3n) is 2.33. The highest BCUT2D eigenvalue weighted by molar-refractivity contribution is 8.00. The van der Waals surface area contributed by atoms with E-state index in [2.05, 4.69) is 5.32 Å². The molecule has 0 fully saturated rings. The van der Waals surface area contributed by atoms with E-state index in [1.807, 2.05) is 30.3 Å². The predicted molar refractivity (Wildman–Crippen MR) is 72.7 cm³/mol. The van der Waals surface area contributed by atoms with Crippen molar-refractivity contribution in [2.24, 2.45) is 0 Å². The van der Waals surface area contributed by atoms with Crippen molar-refractivity contribution in [1.82, 2.24) is 5.32 Å². The lowest BCUT2D eigenvalue weighted by Crippen LogP contribution is -2.25. The molecule has 1 unspecified atom stereocenters. The Morgan fingerprint density at radius 2 is 2.00 bits per heavy atom. The molecule has 0 aliphatic carbocycles. The normalized spacial score (nSPS) is 11.8. The fourth-order valence-electron chi connectivity index (χ4n) is 1.47. The van der Waals surface area contributed by atoms with Gasteiger partial charge in [0.05, 0.1) is 0 Å². The van der Waals surface area contributed by atoms with E-state index in [1.54, 1.807) is 0 Å². The molecule has 1 amide bonds. The second-order valence-corrected chi connectivity index (χ2v) is 5.18. The van der Waals surface area contributed by atoms with Gasteiger partial charge in [-0.3, -0.25) is 9.59 Å². The lowest BCUT2D eigenvalue weighted by molar-refractivity contribution is -0.136. The average Bonchev–Trinajstić information content (AvgIpc) is 2.33. The average molecular weight is 267 g/mol. The quantitative estimate of drug-likeness (QED) is 0.736. The van der Waals surface area contributed by atoms with Gasteiger partial charge in [0.25, 0.3) is 0 Å². The third kappa shape index (κ3) is 5.72. The monoisotopic (exact) mass is 267 g/mol. The Morgan fingerprint density at radius 3 is 2.56 bits per heavy atom. The molecule has 98 valence electrons. The molecule has 0 aromatic heterocycles. The van der Waals surface area contributed by atoms with Gasteiger partial charge in [-0.1, -0.05) is 30.3 Å². The highest BCUT2D eigenvalue weighted by Crippen LogP contribution is 2.16. The van der Waals surface area contributed by atoms with Gasteiger partial charge in [0.15, 0.2) is 0 Å². The minimum atomic E-state index is -0.813. The van der Waals surface area contributed by atoms with Crippen LogP contribution >= 0.6 is 11.8 Å². The minimum Gasteiger partial charge on any atom is -0.480 e.